The lowest BCUT2D eigenvalue weighted by Gasteiger charge is -2.09. The number of anilines is 1. The predicted octanol–water partition coefficient (Wildman–Crippen LogP) is 5.31. The molecule has 0 atom stereocenters. The predicted molar refractivity (Wildman–Crippen MR) is 134 cm³/mol. The molecule has 2 N–H and O–H groups in total. The molecule has 0 saturated heterocycles. The Kier molecular flexibility index (Phi) is 5.75. The molecular formula is C22H15BrN6O2S2. The van der Waals surface area contributed by atoms with Crippen molar-refractivity contribution in [3.63, 3.8) is 0 Å². The van der Waals surface area contributed by atoms with Crippen molar-refractivity contribution in [1.82, 2.24) is 25.1 Å². The number of furan rings is 1. The van der Waals surface area contributed by atoms with Crippen LogP contribution < -0.4 is 10.6 Å². The van der Waals surface area contributed by atoms with Crippen molar-refractivity contribution in [2.45, 2.75) is 6.92 Å². The third-order valence-corrected chi connectivity index (χ3v) is 6.38. The van der Waals surface area contributed by atoms with Crippen LogP contribution in [0.2, 0.25) is 0 Å². The van der Waals surface area contributed by atoms with Crippen LogP contribution in [0.5, 0.6) is 0 Å². The Balaban J connectivity index is 1.26. The van der Waals surface area contributed by atoms with Crippen molar-refractivity contribution in [3.8, 4) is 21.9 Å². The summed E-state index contributed by atoms with van der Waals surface area (Å²) in [6.45, 7) is 1.85. The summed E-state index contributed by atoms with van der Waals surface area (Å²) < 4.78 is 8.37. The number of carbonyl (C=O) groups excluding carboxylic acids is 1. The molecule has 11 heteroatoms. The Morgan fingerprint density at radius 1 is 1.09 bits per heavy atom. The molecule has 0 spiro atoms. The van der Waals surface area contributed by atoms with Gasteiger partial charge in [-0.1, -0.05) is 51.5 Å². The van der Waals surface area contributed by atoms with Gasteiger partial charge in [0.15, 0.2) is 16.7 Å². The standard InChI is InChI=1S/C22H15BrN6O2S2/c1-12-26-27-22-29(12)28-20(33-22)14-3-2-4-16(11-14)24-21(32)25-19(30)18-10-9-17(31-18)13-5-7-15(23)8-6-13/h2-11H,1H3,(H2,24,25,30,32). The molecule has 0 saturated carbocycles. The minimum absolute atomic E-state index is 0.160. The molecule has 0 aliphatic carbocycles. The number of benzene rings is 2. The topological polar surface area (TPSA) is 97.3 Å². The van der Waals surface area contributed by atoms with Crippen LogP contribution in [0.3, 0.4) is 0 Å². The maximum absolute atomic E-state index is 12.6. The van der Waals surface area contributed by atoms with Crippen LogP contribution in [0.1, 0.15) is 16.4 Å². The Morgan fingerprint density at radius 3 is 2.70 bits per heavy atom. The number of hydrogen-bond acceptors (Lipinski definition) is 7. The summed E-state index contributed by atoms with van der Waals surface area (Å²) in [5.74, 6) is 1.06. The van der Waals surface area contributed by atoms with Crippen molar-refractivity contribution in [1.29, 1.82) is 0 Å². The number of rotatable bonds is 4. The Bertz CT molecular complexity index is 1490. The van der Waals surface area contributed by atoms with Gasteiger partial charge in [0.25, 0.3) is 5.91 Å². The van der Waals surface area contributed by atoms with Gasteiger partial charge >= 0.3 is 0 Å². The van der Waals surface area contributed by atoms with E-state index in [1.165, 1.54) is 11.3 Å². The Hall–Kier alpha value is -3.41. The monoisotopic (exact) mass is 538 g/mol. The van der Waals surface area contributed by atoms with Crippen LogP contribution >= 0.6 is 39.5 Å². The first kappa shape index (κ1) is 21.4. The second-order valence-electron chi connectivity index (χ2n) is 7.01. The molecule has 0 aliphatic rings. The average Bonchev–Trinajstić information content (AvgIpc) is 3.52. The lowest BCUT2D eigenvalue weighted by atomic mass is 10.2. The van der Waals surface area contributed by atoms with E-state index in [1.807, 2.05) is 55.5 Å². The first-order valence-electron chi connectivity index (χ1n) is 9.74. The van der Waals surface area contributed by atoms with E-state index >= 15 is 0 Å². The molecular weight excluding hydrogens is 524 g/mol. The van der Waals surface area contributed by atoms with E-state index in [1.54, 1.807) is 16.6 Å². The maximum atomic E-state index is 12.6. The number of nitrogens with one attached hydrogen (secondary N) is 2. The van der Waals surface area contributed by atoms with Crippen LogP contribution in [-0.4, -0.2) is 30.8 Å². The molecule has 3 aromatic heterocycles. The zero-order chi connectivity index (χ0) is 22.9. The number of aromatic nitrogens is 4. The fourth-order valence-electron chi connectivity index (χ4n) is 3.12. The van der Waals surface area contributed by atoms with Gasteiger partial charge in [0.2, 0.25) is 4.96 Å². The number of aryl methyl sites for hydroxylation is 1. The first-order chi connectivity index (χ1) is 16.0. The molecule has 8 nitrogen and oxygen atoms in total. The van der Waals surface area contributed by atoms with E-state index in [9.17, 15) is 4.79 Å². The number of halogens is 1. The maximum Gasteiger partial charge on any atom is 0.293 e. The number of fused-ring (bicyclic) bond motifs is 1. The normalized spacial score (nSPS) is 11.0. The van der Waals surface area contributed by atoms with Crippen LogP contribution in [0.15, 0.2) is 69.6 Å². The van der Waals surface area contributed by atoms with Crippen LogP contribution in [0.4, 0.5) is 5.69 Å². The van der Waals surface area contributed by atoms with Gasteiger partial charge in [0.05, 0.1) is 0 Å². The summed E-state index contributed by atoms with van der Waals surface area (Å²) in [5, 5.41) is 19.3. The molecule has 3 heterocycles. The fraction of sp³-hybridized carbons (Fsp3) is 0.0455. The molecule has 1 amide bonds. The molecule has 33 heavy (non-hydrogen) atoms. The number of hydrogen-bond donors (Lipinski definition) is 2. The molecule has 0 bridgehead atoms. The third-order valence-electron chi connectivity index (χ3n) is 4.70. The largest absolute Gasteiger partial charge is 0.451 e. The molecule has 2 aromatic carbocycles. The highest BCUT2D eigenvalue weighted by Crippen LogP contribution is 2.27. The zero-order valence-corrected chi connectivity index (χ0v) is 20.3. The molecule has 5 aromatic rings. The summed E-state index contributed by atoms with van der Waals surface area (Å²) in [4.78, 5) is 13.3. The van der Waals surface area contributed by atoms with Crippen molar-refractivity contribution >= 4 is 61.2 Å². The summed E-state index contributed by atoms with van der Waals surface area (Å²) in [5.41, 5.74) is 2.49. The summed E-state index contributed by atoms with van der Waals surface area (Å²) >= 11 is 10.2. The van der Waals surface area contributed by atoms with Gasteiger partial charge in [0, 0.05) is 21.3 Å². The molecule has 0 aliphatic heterocycles. The van der Waals surface area contributed by atoms with Crippen molar-refractivity contribution in [2.75, 3.05) is 5.32 Å². The van der Waals surface area contributed by atoms with E-state index in [-0.39, 0.29) is 10.9 Å². The minimum Gasteiger partial charge on any atom is -0.451 e. The second kappa shape index (κ2) is 8.85. The summed E-state index contributed by atoms with van der Waals surface area (Å²) in [6, 6.07) is 18.6. The number of thiocarbonyl (C=S) groups is 1. The lowest BCUT2D eigenvalue weighted by molar-refractivity contribution is 0.0951. The third kappa shape index (κ3) is 4.56. The Labute approximate surface area is 205 Å². The van der Waals surface area contributed by atoms with Gasteiger partial charge in [-0.05, 0) is 55.5 Å². The van der Waals surface area contributed by atoms with Crippen molar-refractivity contribution in [3.05, 3.63) is 76.7 Å². The second-order valence-corrected chi connectivity index (χ2v) is 9.29. The highest BCUT2D eigenvalue weighted by molar-refractivity contribution is 9.10. The Morgan fingerprint density at radius 2 is 1.91 bits per heavy atom. The first-order valence-corrected chi connectivity index (χ1v) is 11.8. The minimum atomic E-state index is -0.434. The van der Waals surface area contributed by atoms with Crippen LogP contribution in [0, 0.1) is 6.92 Å². The molecule has 0 fully saturated rings. The molecule has 0 radical (unpaired) electrons. The highest BCUT2D eigenvalue weighted by Gasteiger charge is 2.15. The van der Waals surface area contributed by atoms with Gasteiger partial charge in [-0.3, -0.25) is 10.1 Å². The van der Waals surface area contributed by atoms with Crippen molar-refractivity contribution < 1.29 is 9.21 Å². The quantitative estimate of drug-likeness (QED) is 0.299. The lowest BCUT2D eigenvalue weighted by Crippen LogP contribution is -2.33. The molecule has 164 valence electrons. The zero-order valence-electron chi connectivity index (χ0n) is 17.1. The van der Waals surface area contributed by atoms with Gasteiger partial charge in [-0.15, -0.1) is 10.2 Å². The van der Waals surface area contributed by atoms with Crippen LogP contribution in [-0.2, 0) is 0 Å². The van der Waals surface area contributed by atoms with Gasteiger partial charge in [-0.25, -0.2) is 0 Å². The van der Waals surface area contributed by atoms with Gasteiger partial charge in [-0.2, -0.15) is 9.61 Å². The average molecular weight is 539 g/mol. The van der Waals surface area contributed by atoms with Crippen molar-refractivity contribution in [2.24, 2.45) is 0 Å². The van der Waals surface area contributed by atoms with Gasteiger partial charge < -0.3 is 9.73 Å². The number of carbonyl (C=O) groups is 1. The smallest absolute Gasteiger partial charge is 0.293 e. The highest BCUT2D eigenvalue weighted by atomic mass is 79.9. The SMILES string of the molecule is Cc1nnc2sc(-c3cccc(NC(=S)NC(=O)c4ccc(-c5ccc(Br)cc5)o4)c3)nn12. The van der Waals surface area contributed by atoms with E-state index in [4.69, 9.17) is 16.6 Å². The molecule has 0 unspecified atom stereocenters. The number of nitrogens with zero attached hydrogens (tertiary/aromatic N) is 4. The van der Waals surface area contributed by atoms with E-state index in [0.29, 0.717) is 5.76 Å². The van der Waals surface area contributed by atoms with E-state index in [0.717, 1.165) is 37.1 Å². The number of amides is 1. The summed E-state index contributed by atoms with van der Waals surface area (Å²) in [7, 11) is 0. The van der Waals surface area contributed by atoms with Gasteiger partial charge in [0.1, 0.15) is 10.8 Å². The van der Waals surface area contributed by atoms with E-state index in [2.05, 4.69) is 41.9 Å². The van der Waals surface area contributed by atoms with Crippen LogP contribution in [0.25, 0.3) is 26.9 Å². The molecule has 5 rings (SSSR count). The fourth-order valence-corrected chi connectivity index (χ4v) is 4.47. The van der Waals surface area contributed by atoms with E-state index < -0.39 is 5.91 Å². The summed E-state index contributed by atoms with van der Waals surface area (Å²) in [6.07, 6.45) is 0.